The first-order valence-electron chi connectivity index (χ1n) is 4.11. The van der Waals surface area contributed by atoms with Gasteiger partial charge in [-0.25, -0.2) is 0 Å². The van der Waals surface area contributed by atoms with Crippen molar-refractivity contribution in [3.05, 3.63) is 36.0 Å². The van der Waals surface area contributed by atoms with E-state index in [9.17, 15) is 0 Å². The minimum absolute atomic E-state index is 1.11. The van der Waals surface area contributed by atoms with Gasteiger partial charge >= 0.3 is 0 Å². The van der Waals surface area contributed by atoms with Crippen LogP contribution >= 0.6 is 21.6 Å². The highest BCUT2D eigenvalue weighted by molar-refractivity contribution is 8.76. The van der Waals surface area contributed by atoms with Crippen LogP contribution in [0.3, 0.4) is 0 Å². The van der Waals surface area contributed by atoms with Crippen molar-refractivity contribution in [2.45, 2.75) is 10.6 Å². The number of nitrogens with zero attached hydrogens (tertiary/aromatic N) is 1. The van der Waals surface area contributed by atoms with Crippen molar-refractivity contribution < 1.29 is 0 Å². The molecule has 0 fully saturated rings. The van der Waals surface area contributed by atoms with Gasteiger partial charge in [0.05, 0.1) is 5.52 Å². The summed E-state index contributed by atoms with van der Waals surface area (Å²) in [5.74, 6) is 1.11. The summed E-state index contributed by atoms with van der Waals surface area (Å²) in [6, 6.07) is 8.35. The SMILES string of the molecule is c1ccc2c3c(cnc2c1)SSC3. The third kappa shape index (κ3) is 1.15. The molecule has 0 amide bonds. The predicted octanol–water partition coefficient (Wildman–Crippen LogP) is 3.49. The fourth-order valence-corrected chi connectivity index (χ4v) is 3.98. The second kappa shape index (κ2) is 2.93. The molecule has 0 atom stereocenters. The average Bonchev–Trinajstić information content (AvgIpc) is 2.65. The minimum Gasteiger partial charge on any atom is -0.255 e. The number of para-hydroxylation sites is 1. The van der Waals surface area contributed by atoms with E-state index in [-0.39, 0.29) is 0 Å². The third-order valence-electron chi connectivity index (χ3n) is 2.20. The van der Waals surface area contributed by atoms with Crippen molar-refractivity contribution in [1.29, 1.82) is 0 Å². The fraction of sp³-hybridized carbons (Fsp3) is 0.100. The molecule has 3 heteroatoms. The summed E-state index contributed by atoms with van der Waals surface area (Å²) < 4.78 is 0. The smallest absolute Gasteiger partial charge is 0.0705 e. The summed E-state index contributed by atoms with van der Waals surface area (Å²) in [4.78, 5) is 5.76. The second-order valence-corrected chi connectivity index (χ2v) is 5.30. The molecule has 64 valence electrons. The zero-order valence-corrected chi connectivity index (χ0v) is 8.49. The molecule has 3 rings (SSSR count). The van der Waals surface area contributed by atoms with Crippen LogP contribution in [-0.2, 0) is 5.75 Å². The summed E-state index contributed by atoms with van der Waals surface area (Å²) in [7, 11) is 3.73. The summed E-state index contributed by atoms with van der Waals surface area (Å²) in [6.07, 6.45) is 1.99. The van der Waals surface area contributed by atoms with Crippen molar-refractivity contribution in [2.75, 3.05) is 0 Å². The molecule has 2 heterocycles. The van der Waals surface area contributed by atoms with E-state index in [1.165, 1.54) is 15.8 Å². The van der Waals surface area contributed by atoms with Crippen molar-refractivity contribution in [1.82, 2.24) is 4.98 Å². The van der Waals surface area contributed by atoms with E-state index in [4.69, 9.17) is 0 Å². The number of benzene rings is 1. The molecule has 0 saturated carbocycles. The molecule has 1 aromatic heterocycles. The third-order valence-corrected chi connectivity index (χ3v) is 4.50. The predicted molar refractivity (Wildman–Crippen MR) is 58.9 cm³/mol. The molecule has 13 heavy (non-hydrogen) atoms. The van der Waals surface area contributed by atoms with Crippen LogP contribution in [0.5, 0.6) is 0 Å². The Bertz CT molecular complexity index is 467. The Morgan fingerprint density at radius 3 is 3.15 bits per heavy atom. The van der Waals surface area contributed by atoms with Crippen LogP contribution in [0.15, 0.2) is 35.4 Å². The zero-order valence-electron chi connectivity index (χ0n) is 6.86. The van der Waals surface area contributed by atoms with Crippen LogP contribution < -0.4 is 0 Å². The lowest BCUT2D eigenvalue weighted by Crippen LogP contribution is -1.85. The molecule has 1 nitrogen and oxygen atoms in total. The van der Waals surface area contributed by atoms with Gasteiger partial charge in [0.15, 0.2) is 0 Å². The van der Waals surface area contributed by atoms with Gasteiger partial charge in [0, 0.05) is 22.2 Å². The molecule has 0 N–H and O–H groups in total. The van der Waals surface area contributed by atoms with Gasteiger partial charge < -0.3 is 0 Å². The Labute approximate surface area is 84.3 Å². The monoisotopic (exact) mass is 205 g/mol. The first-order valence-corrected chi connectivity index (χ1v) is 6.43. The molecule has 0 aliphatic carbocycles. The van der Waals surface area contributed by atoms with Gasteiger partial charge in [0.25, 0.3) is 0 Å². The molecule has 1 aliphatic rings. The standard InChI is InChI=1S/C10H7NS2/c1-2-4-9-7(3-1)8-6-12-13-10(8)5-11-9/h1-5H,6H2. The zero-order chi connectivity index (χ0) is 8.67. The van der Waals surface area contributed by atoms with Crippen LogP contribution in [0.25, 0.3) is 10.9 Å². The maximum Gasteiger partial charge on any atom is 0.0705 e. The lowest BCUT2D eigenvalue weighted by molar-refractivity contribution is 1.24. The van der Waals surface area contributed by atoms with E-state index in [1.54, 1.807) is 0 Å². The number of hydrogen-bond donors (Lipinski definition) is 0. The van der Waals surface area contributed by atoms with E-state index < -0.39 is 0 Å². The lowest BCUT2D eigenvalue weighted by Gasteiger charge is -2.01. The maximum absolute atomic E-state index is 4.42. The van der Waals surface area contributed by atoms with Crippen LogP contribution in [0.2, 0.25) is 0 Å². The van der Waals surface area contributed by atoms with Crippen LogP contribution in [0, 0.1) is 0 Å². The average molecular weight is 205 g/mol. The quantitative estimate of drug-likeness (QED) is 0.611. The van der Waals surface area contributed by atoms with E-state index in [0.717, 1.165) is 11.3 Å². The first-order chi connectivity index (χ1) is 6.45. The number of rotatable bonds is 0. The summed E-state index contributed by atoms with van der Waals surface area (Å²) >= 11 is 0. The van der Waals surface area contributed by atoms with Gasteiger partial charge in [-0.05, 0) is 11.6 Å². The molecule has 0 bridgehead atoms. The Hall–Kier alpha value is -0.670. The van der Waals surface area contributed by atoms with Gasteiger partial charge in [-0.3, -0.25) is 4.98 Å². The van der Waals surface area contributed by atoms with Gasteiger partial charge in [-0.1, -0.05) is 39.8 Å². The van der Waals surface area contributed by atoms with E-state index in [2.05, 4.69) is 23.2 Å². The summed E-state index contributed by atoms with van der Waals surface area (Å²) in [5.41, 5.74) is 2.57. The molecule has 2 aromatic rings. The second-order valence-electron chi connectivity index (χ2n) is 2.96. The lowest BCUT2D eigenvalue weighted by atomic mass is 10.1. The highest BCUT2D eigenvalue weighted by Crippen LogP contribution is 2.45. The van der Waals surface area contributed by atoms with Crippen molar-refractivity contribution in [3.8, 4) is 0 Å². The van der Waals surface area contributed by atoms with Crippen LogP contribution in [-0.4, -0.2) is 4.98 Å². The first kappa shape index (κ1) is 7.71. The normalized spacial score (nSPS) is 14.8. The molecular weight excluding hydrogens is 198 g/mol. The number of aromatic nitrogens is 1. The topological polar surface area (TPSA) is 12.9 Å². The molecule has 0 radical (unpaired) electrons. The van der Waals surface area contributed by atoms with Crippen molar-refractivity contribution in [3.63, 3.8) is 0 Å². The highest BCUT2D eigenvalue weighted by Gasteiger charge is 2.15. The molecule has 0 spiro atoms. The Morgan fingerprint density at radius 1 is 1.23 bits per heavy atom. The van der Waals surface area contributed by atoms with Gasteiger partial charge in [-0.15, -0.1) is 0 Å². The maximum atomic E-state index is 4.42. The van der Waals surface area contributed by atoms with Gasteiger partial charge in [0.2, 0.25) is 0 Å². The Balaban J connectivity index is 2.43. The van der Waals surface area contributed by atoms with Crippen LogP contribution in [0.4, 0.5) is 0 Å². The summed E-state index contributed by atoms with van der Waals surface area (Å²) in [5, 5.41) is 1.32. The highest BCUT2D eigenvalue weighted by atomic mass is 33.1. The largest absolute Gasteiger partial charge is 0.255 e. The number of fused-ring (bicyclic) bond motifs is 3. The van der Waals surface area contributed by atoms with Crippen molar-refractivity contribution >= 4 is 32.5 Å². The van der Waals surface area contributed by atoms with Crippen molar-refractivity contribution in [2.24, 2.45) is 0 Å². The molecule has 0 saturated heterocycles. The molecular formula is C10H7NS2. The van der Waals surface area contributed by atoms with Gasteiger partial charge in [0.1, 0.15) is 0 Å². The minimum atomic E-state index is 1.11. The van der Waals surface area contributed by atoms with E-state index >= 15 is 0 Å². The molecule has 0 unspecified atom stereocenters. The molecule has 1 aliphatic heterocycles. The summed E-state index contributed by atoms with van der Waals surface area (Å²) in [6.45, 7) is 0. The number of pyridine rings is 1. The molecule has 1 aromatic carbocycles. The van der Waals surface area contributed by atoms with E-state index in [1.807, 2.05) is 33.9 Å². The Morgan fingerprint density at radius 2 is 2.15 bits per heavy atom. The van der Waals surface area contributed by atoms with Crippen LogP contribution in [0.1, 0.15) is 5.56 Å². The fourth-order valence-electron chi connectivity index (χ4n) is 1.55. The number of hydrogen-bond acceptors (Lipinski definition) is 3. The Kier molecular flexibility index (Phi) is 1.73. The van der Waals surface area contributed by atoms with E-state index in [0.29, 0.717) is 0 Å². The van der Waals surface area contributed by atoms with Gasteiger partial charge in [-0.2, -0.15) is 0 Å².